The second kappa shape index (κ2) is 7.49. The van der Waals surface area contributed by atoms with E-state index in [0.717, 1.165) is 16.9 Å². The van der Waals surface area contributed by atoms with Gasteiger partial charge in [0.1, 0.15) is 11.5 Å². The smallest absolute Gasteiger partial charge is 0.363 e. The molecule has 0 saturated carbocycles. The minimum Gasteiger partial charge on any atom is -0.497 e. The summed E-state index contributed by atoms with van der Waals surface area (Å²) in [5.74, 6) is 1.20. The quantitative estimate of drug-likeness (QED) is 0.617. The fourth-order valence-corrected chi connectivity index (χ4v) is 2.35. The molecule has 5 heteroatoms. The summed E-state index contributed by atoms with van der Waals surface area (Å²) in [7, 11) is 3.20. The molecule has 1 heterocycles. The second-order valence-corrected chi connectivity index (χ2v) is 5.22. The lowest BCUT2D eigenvalue weighted by Gasteiger charge is -2.02. The lowest BCUT2D eigenvalue weighted by molar-refractivity contribution is -0.129. The first-order valence-electron chi connectivity index (χ1n) is 7.67. The van der Waals surface area contributed by atoms with Crippen LogP contribution in [0.2, 0.25) is 0 Å². The highest BCUT2D eigenvalue weighted by Crippen LogP contribution is 2.21. The van der Waals surface area contributed by atoms with Crippen LogP contribution in [0.1, 0.15) is 11.1 Å². The molecule has 0 aliphatic carbocycles. The van der Waals surface area contributed by atoms with Gasteiger partial charge in [0, 0.05) is 11.6 Å². The molecule has 25 heavy (non-hydrogen) atoms. The molecule has 126 valence electrons. The number of hydrogen-bond acceptors (Lipinski definition) is 5. The molecule has 1 aliphatic heterocycles. The molecule has 0 fully saturated rings. The number of methoxy groups -OCH3 is 2. The van der Waals surface area contributed by atoms with E-state index in [1.54, 1.807) is 32.4 Å². The van der Waals surface area contributed by atoms with E-state index in [0.29, 0.717) is 5.75 Å². The van der Waals surface area contributed by atoms with Gasteiger partial charge in [-0.05, 0) is 35.9 Å². The van der Waals surface area contributed by atoms with Gasteiger partial charge >= 0.3 is 5.97 Å². The van der Waals surface area contributed by atoms with Crippen molar-refractivity contribution in [1.82, 2.24) is 0 Å². The minimum absolute atomic E-state index is 0.241. The van der Waals surface area contributed by atoms with Crippen molar-refractivity contribution >= 4 is 24.0 Å². The van der Waals surface area contributed by atoms with Crippen LogP contribution in [-0.4, -0.2) is 26.1 Å². The highest BCUT2D eigenvalue weighted by Gasteiger charge is 2.21. The first-order valence-corrected chi connectivity index (χ1v) is 7.67. The summed E-state index contributed by atoms with van der Waals surface area (Å²) < 4.78 is 15.6. The van der Waals surface area contributed by atoms with Crippen LogP contribution in [-0.2, 0) is 9.53 Å². The highest BCUT2D eigenvalue weighted by atomic mass is 16.6. The van der Waals surface area contributed by atoms with Crippen LogP contribution >= 0.6 is 0 Å². The molecule has 0 unspecified atom stereocenters. The Balaban J connectivity index is 1.82. The number of nitrogens with zero attached hydrogens (tertiary/aromatic N) is 1. The van der Waals surface area contributed by atoms with Gasteiger partial charge in [0.2, 0.25) is 5.90 Å². The monoisotopic (exact) mass is 335 g/mol. The van der Waals surface area contributed by atoms with E-state index in [2.05, 4.69) is 4.99 Å². The van der Waals surface area contributed by atoms with Crippen molar-refractivity contribution in [3.05, 3.63) is 71.4 Å². The molecular weight excluding hydrogens is 318 g/mol. The number of cyclic esters (lactones) is 1. The van der Waals surface area contributed by atoms with Crippen molar-refractivity contribution in [2.75, 3.05) is 14.2 Å². The Morgan fingerprint density at radius 3 is 2.64 bits per heavy atom. The van der Waals surface area contributed by atoms with Gasteiger partial charge in [0.05, 0.1) is 14.2 Å². The van der Waals surface area contributed by atoms with Crippen LogP contribution in [0.3, 0.4) is 0 Å². The molecule has 0 atom stereocenters. The van der Waals surface area contributed by atoms with E-state index in [1.165, 1.54) is 0 Å². The number of carbonyl (C=O) groups is 1. The Morgan fingerprint density at radius 2 is 1.84 bits per heavy atom. The third-order valence-electron chi connectivity index (χ3n) is 3.58. The highest BCUT2D eigenvalue weighted by molar-refractivity contribution is 6.11. The Labute approximate surface area is 145 Å². The number of carbonyl (C=O) groups excluding carboxylic acids is 1. The molecule has 5 nitrogen and oxygen atoms in total. The number of aliphatic imine (C=N–C) groups is 1. The van der Waals surface area contributed by atoms with E-state index in [-0.39, 0.29) is 11.6 Å². The number of esters is 1. The van der Waals surface area contributed by atoms with E-state index in [9.17, 15) is 4.79 Å². The number of ether oxygens (including phenoxy) is 3. The first kappa shape index (κ1) is 16.5. The predicted octanol–water partition coefficient (Wildman–Crippen LogP) is 3.71. The zero-order valence-corrected chi connectivity index (χ0v) is 13.9. The zero-order valence-electron chi connectivity index (χ0n) is 13.9. The normalized spacial score (nSPS) is 15.4. The van der Waals surface area contributed by atoms with Crippen molar-refractivity contribution in [3.8, 4) is 11.5 Å². The topological polar surface area (TPSA) is 57.1 Å². The van der Waals surface area contributed by atoms with Crippen molar-refractivity contribution in [2.24, 2.45) is 4.99 Å². The Bertz CT molecular complexity index is 881. The molecule has 0 N–H and O–H groups in total. The van der Waals surface area contributed by atoms with Gasteiger partial charge in [-0.25, -0.2) is 9.79 Å². The lowest BCUT2D eigenvalue weighted by atomic mass is 10.2. The van der Waals surface area contributed by atoms with Crippen LogP contribution in [0.25, 0.3) is 12.2 Å². The van der Waals surface area contributed by atoms with Gasteiger partial charge in [-0.1, -0.05) is 30.3 Å². The average Bonchev–Trinajstić information content (AvgIpc) is 3.00. The van der Waals surface area contributed by atoms with E-state index >= 15 is 0 Å². The molecule has 2 aromatic rings. The summed E-state index contributed by atoms with van der Waals surface area (Å²) in [4.78, 5) is 16.2. The van der Waals surface area contributed by atoms with Crippen molar-refractivity contribution in [2.45, 2.75) is 0 Å². The molecule has 0 radical (unpaired) electrons. The van der Waals surface area contributed by atoms with Crippen LogP contribution in [0.5, 0.6) is 11.5 Å². The molecule has 0 amide bonds. The molecular formula is C20H17NO4. The maximum absolute atomic E-state index is 12.0. The van der Waals surface area contributed by atoms with Gasteiger partial charge < -0.3 is 14.2 Å². The average molecular weight is 335 g/mol. The predicted molar refractivity (Wildman–Crippen MR) is 96.5 cm³/mol. The van der Waals surface area contributed by atoms with Crippen molar-refractivity contribution < 1.29 is 19.0 Å². The Kier molecular flexibility index (Phi) is 4.95. The number of para-hydroxylation sites is 1. The van der Waals surface area contributed by atoms with Crippen LogP contribution in [0.15, 0.2) is 65.3 Å². The molecule has 0 aromatic heterocycles. The summed E-state index contributed by atoms with van der Waals surface area (Å²) in [6.07, 6.45) is 5.09. The minimum atomic E-state index is -0.484. The maximum Gasteiger partial charge on any atom is 0.363 e. The lowest BCUT2D eigenvalue weighted by Crippen LogP contribution is -2.01. The number of rotatable bonds is 5. The number of hydrogen-bond donors (Lipinski definition) is 0. The van der Waals surface area contributed by atoms with Gasteiger partial charge in [-0.3, -0.25) is 0 Å². The Morgan fingerprint density at radius 1 is 1.00 bits per heavy atom. The van der Waals surface area contributed by atoms with Crippen LogP contribution in [0, 0.1) is 0 Å². The molecule has 1 aliphatic rings. The standard InChI is InChI=1S/C20H17NO4/c1-23-16-8-5-6-14(12-16)13-17-20(22)25-19(21-17)11-10-15-7-3-4-9-18(15)24-2/h3-13H,1-2H3. The molecule has 0 saturated heterocycles. The fraction of sp³-hybridized carbons (Fsp3) is 0.100. The third-order valence-corrected chi connectivity index (χ3v) is 3.58. The van der Waals surface area contributed by atoms with Crippen molar-refractivity contribution in [3.63, 3.8) is 0 Å². The fourth-order valence-electron chi connectivity index (χ4n) is 2.35. The molecule has 2 aromatic carbocycles. The van der Waals surface area contributed by atoms with Gasteiger partial charge in [0.15, 0.2) is 5.70 Å². The second-order valence-electron chi connectivity index (χ2n) is 5.22. The number of benzene rings is 2. The SMILES string of the molecule is COc1cccc(C=C2N=C(C=Cc3ccccc3OC)OC2=O)c1. The Hall–Kier alpha value is -3.34. The van der Waals surface area contributed by atoms with E-state index < -0.39 is 5.97 Å². The third kappa shape index (κ3) is 3.95. The molecule has 3 rings (SSSR count). The largest absolute Gasteiger partial charge is 0.497 e. The van der Waals surface area contributed by atoms with Gasteiger partial charge in [0.25, 0.3) is 0 Å². The van der Waals surface area contributed by atoms with Gasteiger partial charge in [-0.15, -0.1) is 0 Å². The molecule has 0 bridgehead atoms. The van der Waals surface area contributed by atoms with Crippen LogP contribution in [0.4, 0.5) is 0 Å². The summed E-state index contributed by atoms with van der Waals surface area (Å²) in [6.45, 7) is 0. The first-order chi connectivity index (χ1) is 12.2. The summed E-state index contributed by atoms with van der Waals surface area (Å²) in [5.41, 5.74) is 1.92. The zero-order chi connectivity index (χ0) is 17.6. The van der Waals surface area contributed by atoms with Crippen LogP contribution < -0.4 is 9.47 Å². The summed E-state index contributed by atoms with van der Waals surface area (Å²) >= 11 is 0. The van der Waals surface area contributed by atoms with Crippen molar-refractivity contribution in [1.29, 1.82) is 0 Å². The summed E-state index contributed by atoms with van der Waals surface area (Å²) in [5, 5.41) is 0. The maximum atomic E-state index is 12.0. The van der Waals surface area contributed by atoms with E-state index in [4.69, 9.17) is 14.2 Å². The van der Waals surface area contributed by atoms with Gasteiger partial charge in [-0.2, -0.15) is 0 Å². The molecule has 0 spiro atoms. The van der Waals surface area contributed by atoms with E-state index in [1.807, 2.05) is 48.5 Å². The summed E-state index contributed by atoms with van der Waals surface area (Å²) in [6, 6.07) is 14.9.